The van der Waals surface area contributed by atoms with E-state index in [1.807, 2.05) is 13.8 Å². The number of amides is 1. The highest BCUT2D eigenvalue weighted by atomic mass is 79.9. The maximum atomic E-state index is 12.1. The number of nitro groups is 1. The summed E-state index contributed by atoms with van der Waals surface area (Å²) in [6, 6.07) is 3.82. The lowest BCUT2D eigenvalue weighted by Crippen LogP contribution is -2.39. The van der Waals surface area contributed by atoms with Crippen molar-refractivity contribution in [2.24, 2.45) is 5.92 Å². The number of nitrogens with one attached hydrogen (secondary N) is 1. The summed E-state index contributed by atoms with van der Waals surface area (Å²) < 4.78 is 0. The van der Waals surface area contributed by atoms with Gasteiger partial charge in [0.1, 0.15) is 5.56 Å². The fourth-order valence-electron chi connectivity index (χ4n) is 1.48. The predicted octanol–water partition coefficient (Wildman–Crippen LogP) is 3.40. The molecular formula is C12H14BrClN2O3. The van der Waals surface area contributed by atoms with E-state index in [1.165, 1.54) is 18.2 Å². The SMILES string of the molecule is CC(C)C(CBr)NC(=O)c1cc(Cl)ccc1[N+](=O)[O-]. The van der Waals surface area contributed by atoms with Gasteiger partial charge in [-0.25, -0.2) is 0 Å². The first-order chi connectivity index (χ1) is 8.86. The second kappa shape index (κ2) is 6.86. The first-order valence-corrected chi connectivity index (χ1v) is 7.17. The maximum Gasteiger partial charge on any atom is 0.282 e. The van der Waals surface area contributed by atoms with Gasteiger partial charge in [0.25, 0.3) is 11.6 Å². The third-order valence-electron chi connectivity index (χ3n) is 2.69. The summed E-state index contributed by atoms with van der Waals surface area (Å²) >= 11 is 9.09. The van der Waals surface area contributed by atoms with E-state index in [4.69, 9.17) is 11.6 Å². The third-order valence-corrected chi connectivity index (χ3v) is 3.62. The summed E-state index contributed by atoms with van der Waals surface area (Å²) in [6.45, 7) is 3.91. The van der Waals surface area contributed by atoms with E-state index in [9.17, 15) is 14.9 Å². The van der Waals surface area contributed by atoms with Crippen molar-refractivity contribution in [3.8, 4) is 0 Å². The molecule has 0 radical (unpaired) electrons. The topological polar surface area (TPSA) is 72.2 Å². The van der Waals surface area contributed by atoms with E-state index in [2.05, 4.69) is 21.2 Å². The molecule has 0 saturated carbocycles. The molecule has 104 valence electrons. The Morgan fingerprint density at radius 2 is 2.16 bits per heavy atom. The molecule has 1 rings (SSSR count). The van der Waals surface area contributed by atoms with E-state index in [-0.39, 0.29) is 28.2 Å². The smallest absolute Gasteiger partial charge is 0.282 e. The Morgan fingerprint density at radius 3 is 2.63 bits per heavy atom. The number of rotatable bonds is 5. The summed E-state index contributed by atoms with van der Waals surface area (Å²) in [5.74, 6) is -0.283. The van der Waals surface area contributed by atoms with Gasteiger partial charge in [-0.2, -0.15) is 0 Å². The monoisotopic (exact) mass is 348 g/mol. The fourth-order valence-corrected chi connectivity index (χ4v) is 2.56. The number of hydrogen-bond acceptors (Lipinski definition) is 3. The van der Waals surface area contributed by atoms with E-state index >= 15 is 0 Å². The van der Waals surface area contributed by atoms with Gasteiger partial charge >= 0.3 is 0 Å². The Bertz CT molecular complexity index is 494. The van der Waals surface area contributed by atoms with E-state index in [0.717, 1.165) is 0 Å². The normalized spacial score (nSPS) is 12.3. The molecule has 0 saturated heterocycles. The molecule has 0 fully saturated rings. The molecule has 1 aromatic rings. The Morgan fingerprint density at radius 1 is 1.53 bits per heavy atom. The number of halogens is 2. The van der Waals surface area contributed by atoms with E-state index < -0.39 is 10.8 Å². The number of carbonyl (C=O) groups excluding carboxylic acids is 1. The molecule has 1 unspecified atom stereocenters. The highest BCUT2D eigenvalue weighted by molar-refractivity contribution is 9.09. The second-order valence-corrected chi connectivity index (χ2v) is 5.48. The van der Waals surface area contributed by atoms with Crippen molar-refractivity contribution in [2.75, 3.05) is 5.33 Å². The average Bonchev–Trinajstić information content (AvgIpc) is 2.34. The summed E-state index contributed by atoms with van der Waals surface area (Å²) in [6.07, 6.45) is 0. The van der Waals surface area contributed by atoms with Crippen LogP contribution in [0.15, 0.2) is 18.2 Å². The fraction of sp³-hybridized carbons (Fsp3) is 0.417. The quantitative estimate of drug-likeness (QED) is 0.503. The molecule has 1 N–H and O–H groups in total. The average molecular weight is 350 g/mol. The van der Waals surface area contributed by atoms with Gasteiger partial charge in [0.15, 0.2) is 0 Å². The van der Waals surface area contributed by atoms with Gasteiger partial charge < -0.3 is 5.32 Å². The van der Waals surface area contributed by atoms with Gasteiger partial charge in [0, 0.05) is 22.5 Å². The molecule has 1 amide bonds. The molecule has 0 bridgehead atoms. The van der Waals surface area contributed by atoms with Crippen LogP contribution in [0.3, 0.4) is 0 Å². The standard InChI is InChI=1S/C12H14BrClN2O3/c1-7(2)10(6-13)15-12(17)9-5-8(14)3-4-11(9)16(18)19/h3-5,7,10H,6H2,1-2H3,(H,15,17). The minimum Gasteiger partial charge on any atom is -0.348 e. The Balaban J connectivity index is 3.05. The van der Waals surface area contributed by atoms with Crippen molar-refractivity contribution in [3.63, 3.8) is 0 Å². The first kappa shape index (κ1) is 15.9. The summed E-state index contributed by atoms with van der Waals surface area (Å²) in [7, 11) is 0. The number of nitrogens with zero attached hydrogens (tertiary/aromatic N) is 1. The zero-order valence-corrected chi connectivity index (χ0v) is 12.9. The van der Waals surface area contributed by atoms with Crippen LogP contribution in [-0.2, 0) is 0 Å². The minimum absolute atomic E-state index is 0.0240. The second-order valence-electron chi connectivity index (χ2n) is 4.40. The Labute approximate surface area is 124 Å². The van der Waals surface area contributed by atoms with Crippen LogP contribution in [0.5, 0.6) is 0 Å². The molecule has 1 aromatic carbocycles. The van der Waals surface area contributed by atoms with Crippen LogP contribution in [0.1, 0.15) is 24.2 Å². The molecule has 0 aliphatic heterocycles. The van der Waals surface area contributed by atoms with Gasteiger partial charge in [0.2, 0.25) is 0 Å². The number of hydrogen-bond donors (Lipinski definition) is 1. The predicted molar refractivity (Wildman–Crippen MR) is 78.0 cm³/mol. The molecule has 7 heteroatoms. The summed E-state index contributed by atoms with van der Waals surface area (Å²) in [5, 5.41) is 14.5. The summed E-state index contributed by atoms with van der Waals surface area (Å²) in [4.78, 5) is 22.4. The van der Waals surface area contributed by atoms with Crippen molar-refractivity contribution in [1.29, 1.82) is 0 Å². The minimum atomic E-state index is -0.593. The molecule has 0 aromatic heterocycles. The molecule has 1 atom stereocenters. The molecule has 0 heterocycles. The van der Waals surface area contributed by atoms with Gasteiger partial charge in [-0.15, -0.1) is 0 Å². The van der Waals surface area contributed by atoms with Crippen molar-refractivity contribution in [3.05, 3.63) is 38.9 Å². The first-order valence-electron chi connectivity index (χ1n) is 5.67. The molecule has 5 nitrogen and oxygen atoms in total. The summed E-state index contributed by atoms with van der Waals surface area (Å²) in [5.41, 5.74) is -0.275. The zero-order valence-electron chi connectivity index (χ0n) is 10.5. The van der Waals surface area contributed by atoms with Crippen LogP contribution < -0.4 is 5.32 Å². The van der Waals surface area contributed by atoms with E-state index in [1.54, 1.807) is 0 Å². The highest BCUT2D eigenvalue weighted by Gasteiger charge is 2.23. The lowest BCUT2D eigenvalue weighted by molar-refractivity contribution is -0.385. The molecule has 0 aliphatic carbocycles. The molecule has 0 spiro atoms. The largest absolute Gasteiger partial charge is 0.348 e. The third kappa shape index (κ3) is 4.18. The number of carbonyl (C=O) groups is 1. The van der Waals surface area contributed by atoms with Crippen LogP contribution in [0.25, 0.3) is 0 Å². The van der Waals surface area contributed by atoms with Gasteiger partial charge in [0.05, 0.1) is 4.92 Å². The van der Waals surface area contributed by atoms with Crippen LogP contribution >= 0.6 is 27.5 Å². The zero-order chi connectivity index (χ0) is 14.6. The van der Waals surface area contributed by atoms with E-state index in [0.29, 0.717) is 5.33 Å². The van der Waals surface area contributed by atoms with Crippen molar-refractivity contribution < 1.29 is 9.72 Å². The maximum absolute atomic E-state index is 12.1. The lowest BCUT2D eigenvalue weighted by Gasteiger charge is -2.19. The van der Waals surface area contributed by atoms with Crippen LogP contribution in [0.2, 0.25) is 5.02 Å². The van der Waals surface area contributed by atoms with Crippen molar-refractivity contribution in [1.82, 2.24) is 5.32 Å². The van der Waals surface area contributed by atoms with Gasteiger partial charge in [-0.05, 0) is 18.1 Å². The molecular weight excluding hydrogens is 336 g/mol. The number of alkyl halides is 1. The Kier molecular flexibility index (Phi) is 5.75. The Hall–Kier alpha value is -1.14. The van der Waals surface area contributed by atoms with Crippen LogP contribution in [-0.4, -0.2) is 22.2 Å². The lowest BCUT2D eigenvalue weighted by atomic mass is 10.1. The van der Waals surface area contributed by atoms with Gasteiger partial charge in [-0.3, -0.25) is 14.9 Å². The van der Waals surface area contributed by atoms with Crippen LogP contribution in [0, 0.1) is 16.0 Å². The van der Waals surface area contributed by atoms with Crippen LogP contribution in [0.4, 0.5) is 5.69 Å². The number of nitro benzene ring substituents is 1. The van der Waals surface area contributed by atoms with Crippen molar-refractivity contribution >= 4 is 39.1 Å². The molecule has 0 aliphatic rings. The molecule has 19 heavy (non-hydrogen) atoms. The van der Waals surface area contributed by atoms with Gasteiger partial charge in [-0.1, -0.05) is 41.4 Å². The number of benzene rings is 1. The highest BCUT2D eigenvalue weighted by Crippen LogP contribution is 2.23. The van der Waals surface area contributed by atoms with Crippen molar-refractivity contribution in [2.45, 2.75) is 19.9 Å².